The maximum Gasteiger partial charge on any atom is 0.407 e. The van der Waals surface area contributed by atoms with E-state index in [0.717, 1.165) is 35.6 Å². The number of ether oxygens (including phenoxy) is 3. The second-order valence-corrected chi connectivity index (χ2v) is 7.83. The van der Waals surface area contributed by atoms with Crippen LogP contribution in [-0.4, -0.2) is 31.5 Å². The highest BCUT2D eigenvalue weighted by Crippen LogP contribution is 2.39. The zero-order valence-corrected chi connectivity index (χ0v) is 16.9. The molecule has 0 spiro atoms. The van der Waals surface area contributed by atoms with Crippen molar-refractivity contribution in [3.63, 3.8) is 0 Å². The van der Waals surface area contributed by atoms with E-state index in [-0.39, 0.29) is 30.7 Å². The lowest BCUT2D eigenvalue weighted by molar-refractivity contribution is 0.130. The smallest absolute Gasteiger partial charge is 0.407 e. The second-order valence-electron chi connectivity index (χ2n) is 7.83. The van der Waals surface area contributed by atoms with Gasteiger partial charge in [-0.05, 0) is 30.7 Å². The minimum atomic E-state index is -0.415. The average Bonchev–Trinajstić information content (AvgIpc) is 3.24. The predicted octanol–water partition coefficient (Wildman–Crippen LogP) is 4.27. The lowest BCUT2D eigenvalue weighted by Crippen LogP contribution is -2.42. The fourth-order valence-electron chi connectivity index (χ4n) is 3.85. The number of fused-ring (bicyclic) bond motifs is 1. The summed E-state index contributed by atoms with van der Waals surface area (Å²) in [6, 6.07) is 15.7. The SMILES string of the molecule is C[C@H]1[C@H](C)Nc2ccc(OC3CCOC3)cc2[C@@H]1NC(=O)OCc1ccccc1. The molecule has 1 unspecified atom stereocenters. The summed E-state index contributed by atoms with van der Waals surface area (Å²) in [7, 11) is 0. The van der Waals surface area contributed by atoms with Gasteiger partial charge in [-0.3, -0.25) is 0 Å². The van der Waals surface area contributed by atoms with E-state index < -0.39 is 6.09 Å². The van der Waals surface area contributed by atoms with Crippen molar-refractivity contribution in [1.29, 1.82) is 0 Å². The van der Waals surface area contributed by atoms with Gasteiger partial charge in [-0.25, -0.2) is 4.79 Å². The van der Waals surface area contributed by atoms with Crippen LogP contribution in [0.4, 0.5) is 10.5 Å². The quantitative estimate of drug-likeness (QED) is 0.790. The third-order valence-corrected chi connectivity index (χ3v) is 5.73. The monoisotopic (exact) mass is 396 g/mol. The minimum Gasteiger partial charge on any atom is -0.488 e. The molecule has 2 heterocycles. The zero-order valence-electron chi connectivity index (χ0n) is 16.9. The standard InChI is InChI=1S/C23H28N2O4/c1-15-16(2)24-21-9-8-18(29-19-10-11-27-14-19)12-20(21)22(15)25-23(26)28-13-17-6-4-3-5-7-17/h3-9,12,15-16,19,22,24H,10-11,13-14H2,1-2H3,(H,25,26)/t15-,16-,19?,22+/m0/s1. The summed E-state index contributed by atoms with van der Waals surface area (Å²) in [5.74, 6) is 0.990. The Morgan fingerprint density at radius 2 is 2.03 bits per heavy atom. The van der Waals surface area contributed by atoms with Crippen molar-refractivity contribution in [2.75, 3.05) is 18.5 Å². The van der Waals surface area contributed by atoms with Crippen molar-refractivity contribution < 1.29 is 19.0 Å². The van der Waals surface area contributed by atoms with Crippen molar-refractivity contribution in [3.05, 3.63) is 59.7 Å². The van der Waals surface area contributed by atoms with Crippen molar-refractivity contribution in [1.82, 2.24) is 5.32 Å². The molecule has 0 bridgehead atoms. The van der Waals surface area contributed by atoms with Crippen LogP contribution >= 0.6 is 0 Å². The highest BCUT2D eigenvalue weighted by Gasteiger charge is 2.33. The highest BCUT2D eigenvalue weighted by molar-refractivity contribution is 5.70. The van der Waals surface area contributed by atoms with Crippen LogP contribution in [0.1, 0.15) is 37.4 Å². The number of carbonyl (C=O) groups excluding carboxylic acids is 1. The van der Waals surface area contributed by atoms with Crippen LogP contribution in [0, 0.1) is 5.92 Å². The van der Waals surface area contributed by atoms with Gasteiger partial charge in [-0.2, -0.15) is 0 Å². The number of amides is 1. The highest BCUT2D eigenvalue weighted by atomic mass is 16.6. The molecule has 4 rings (SSSR count). The molecule has 2 N–H and O–H groups in total. The summed E-state index contributed by atoms with van der Waals surface area (Å²) in [6.07, 6.45) is 0.570. The number of carbonyl (C=O) groups is 1. The number of rotatable bonds is 5. The third-order valence-electron chi connectivity index (χ3n) is 5.73. The predicted molar refractivity (Wildman–Crippen MR) is 111 cm³/mol. The van der Waals surface area contributed by atoms with E-state index in [1.54, 1.807) is 0 Å². The Kier molecular flexibility index (Phi) is 5.90. The maximum absolute atomic E-state index is 12.5. The first-order chi connectivity index (χ1) is 14.1. The molecule has 4 atom stereocenters. The summed E-state index contributed by atoms with van der Waals surface area (Å²) in [5.41, 5.74) is 2.99. The first-order valence-corrected chi connectivity index (χ1v) is 10.2. The Hall–Kier alpha value is -2.73. The Labute approximate surface area is 171 Å². The van der Waals surface area contributed by atoms with Crippen molar-refractivity contribution >= 4 is 11.8 Å². The van der Waals surface area contributed by atoms with Crippen LogP contribution in [0.5, 0.6) is 5.75 Å². The lowest BCUT2D eigenvalue weighted by Gasteiger charge is -2.37. The zero-order chi connectivity index (χ0) is 20.2. The molecule has 1 saturated heterocycles. The van der Waals surface area contributed by atoms with Crippen LogP contribution in [0.2, 0.25) is 0 Å². The Morgan fingerprint density at radius 3 is 2.79 bits per heavy atom. The lowest BCUT2D eigenvalue weighted by atomic mass is 9.84. The van der Waals surface area contributed by atoms with Crippen LogP contribution in [0.25, 0.3) is 0 Å². The van der Waals surface area contributed by atoms with E-state index >= 15 is 0 Å². The van der Waals surface area contributed by atoms with E-state index in [1.807, 2.05) is 48.5 Å². The van der Waals surface area contributed by atoms with Gasteiger partial charge >= 0.3 is 6.09 Å². The molecule has 29 heavy (non-hydrogen) atoms. The van der Waals surface area contributed by atoms with Crippen molar-refractivity contribution in [3.8, 4) is 5.75 Å². The summed E-state index contributed by atoms with van der Waals surface area (Å²) in [6.45, 7) is 5.86. The number of nitrogens with one attached hydrogen (secondary N) is 2. The second kappa shape index (κ2) is 8.74. The molecule has 1 fully saturated rings. The molecule has 0 radical (unpaired) electrons. The topological polar surface area (TPSA) is 68.8 Å². The fraction of sp³-hybridized carbons (Fsp3) is 0.435. The van der Waals surface area contributed by atoms with Crippen molar-refractivity contribution in [2.45, 2.75) is 45.1 Å². The molecule has 154 valence electrons. The third kappa shape index (κ3) is 4.65. The molecule has 0 saturated carbocycles. The van der Waals surface area contributed by atoms with E-state index in [9.17, 15) is 4.79 Å². The van der Waals surface area contributed by atoms with Crippen LogP contribution in [0.15, 0.2) is 48.5 Å². The summed E-state index contributed by atoms with van der Waals surface area (Å²) in [5, 5.41) is 6.58. The normalized spacial score (nSPS) is 25.6. The Bertz CT molecular complexity index is 836. The first kappa shape index (κ1) is 19.6. The fourth-order valence-corrected chi connectivity index (χ4v) is 3.85. The van der Waals surface area contributed by atoms with Gasteiger partial charge in [0.2, 0.25) is 0 Å². The molecular weight excluding hydrogens is 368 g/mol. The van der Waals surface area contributed by atoms with E-state index in [4.69, 9.17) is 14.2 Å². The van der Waals surface area contributed by atoms with Crippen molar-refractivity contribution in [2.24, 2.45) is 5.92 Å². The summed E-state index contributed by atoms with van der Waals surface area (Å²) >= 11 is 0. The maximum atomic E-state index is 12.5. The number of alkyl carbamates (subject to hydrolysis) is 1. The number of anilines is 1. The minimum absolute atomic E-state index is 0.0863. The number of hydrogen-bond acceptors (Lipinski definition) is 5. The Balaban J connectivity index is 1.47. The Morgan fingerprint density at radius 1 is 1.21 bits per heavy atom. The van der Waals surface area contributed by atoms with E-state index in [1.165, 1.54) is 0 Å². The number of hydrogen-bond donors (Lipinski definition) is 2. The average molecular weight is 396 g/mol. The molecule has 2 aliphatic heterocycles. The molecule has 6 nitrogen and oxygen atoms in total. The van der Waals surface area contributed by atoms with Crippen LogP contribution < -0.4 is 15.4 Å². The van der Waals surface area contributed by atoms with Gasteiger partial charge < -0.3 is 24.8 Å². The molecule has 0 aliphatic carbocycles. The van der Waals surface area contributed by atoms with Gasteiger partial charge in [0.05, 0.1) is 19.3 Å². The van der Waals surface area contributed by atoms with Gasteiger partial charge in [0.25, 0.3) is 0 Å². The van der Waals surface area contributed by atoms with Gasteiger partial charge in [-0.15, -0.1) is 0 Å². The van der Waals surface area contributed by atoms with Gasteiger partial charge in [0.15, 0.2) is 0 Å². The van der Waals surface area contributed by atoms with Gasteiger partial charge in [-0.1, -0.05) is 37.3 Å². The summed E-state index contributed by atoms with van der Waals surface area (Å²) < 4.78 is 16.9. The molecule has 2 aromatic rings. The first-order valence-electron chi connectivity index (χ1n) is 10.2. The molecular formula is C23H28N2O4. The van der Waals surface area contributed by atoms with Gasteiger partial charge in [0, 0.05) is 29.6 Å². The largest absolute Gasteiger partial charge is 0.488 e. The molecule has 1 amide bonds. The van der Waals surface area contributed by atoms with E-state index in [0.29, 0.717) is 6.61 Å². The van der Waals surface area contributed by atoms with Gasteiger partial charge in [0.1, 0.15) is 18.5 Å². The number of benzene rings is 2. The van der Waals surface area contributed by atoms with Crippen LogP contribution in [0.3, 0.4) is 0 Å². The van der Waals surface area contributed by atoms with E-state index in [2.05, 4.69) is 24.5 Å². The molecule has 6 heteroatoms. The molecule has 0 aromatic heterocycles. The van der Waals surface area contributed by atoms with Crippen LogP contribution in [-0.2, 0) is 16.1 Å². The molecule has 2 aliphatic rings. The summed E-state index contributed by atoms with van der Waals surface area (Å²) in [4.78, 5) is 12.5. The molecule has 2 aromatic carbocycles.